The third-order valence-electron chi connectivity index (χ3n) is 7.15. The molecule has 190 valence electrons. The van der Waals surface area contributed by atoms with Gasteiger partial charge in [-0.3, -0.25) is 9.36 Å². The molecule has 2 N–H and O–H groups in total. The summed E-state index contributed by atoms with van der Waals surface area (Å²) in [6.45, 7) is 4.77. The minimum atomic E-state index is -0.695. The molecular formula is C26H30FN5O3S. The van der Waals surface area contributed by atoms with Crippen molar-refractivity contribution in [3.63, 3.8) is 0 Å². The van der Waals surface area contributed by atoms with Crippen molar-refractivity contribution in [1.82, 2.24) is 13.9 Å². The first-order valence-corrected chi connectivity index (χ1v) is 12.8. The van der Waals surface area contributed by atoms with Gasteiger partial charge in [-0.1, -0.05) is 26.7 Å². The van der Waals surface area contributed by atoms with E-state index in [9.17, 15) is 14.4 Å². The number of anilines is 1. The molecule has 0 radical (unpaired) electrons. The van der Waals surface area contributed by atoms with E-state index in [1.165, 1.54) is 12.1 Å². The lowest BCUT2D eigenvalue weighted by Crippen LogP contribution is -2.41. The summed E-state index contributed by atoms with van der Waals surface area (Å²) in [4.78, 5) is 17.8. The van der Waals surface area contributed by atoms with Crippen molar-refractivity contribution in [3.8, 4) is 17.6 Å². The summed E-state index contributed by atoms with van der Waals surface area (Å²) in [5.41, 5.74) is 1.03. The van der Waals surface area contributed by atoms with Crippen molar-refractivity contribution in [1.29, 1.82) is 5.26 Å². The number of aliphatic hydroxyl groups is 1. The van der Waals surface area contributed by atoms with Crippen LogP contribution in [0.3, 0.4) is 0 Å². The average molecular weight is 512 g/mol. The second-order valence-corrected chi connectivity index (χ2v) is 10.2. The van der Waals surface area contributed by atoms with Gasteiger partial charge in [0.05, 0.1) is 29.5 Å². The zero-order chi connectivity index (χ0) is 25.9. The largest absolute Gasteiger partial charge is 0.453 e. The number of nitrogens with one attached hydrogen (secondary N) is 1. The molecule has 1 aromatic heterocycles. The fraction of sp³-hybridized carbons (Fsp3) is 0.423. The maximum absolute atomic E-state index is 14.7. The number of hydrogen-bond donors (Lipinski definition) is 2. The Balaban J connectivity index is 1.62. The van der Waals surface area contributed by atoms with Gasteiger partial charge in [-0.15, -0.1) is 0 Å². The first kappa shape index (κ1) is 25.9. The maximum atomic E-state index is 14.7. The van der Waals surface area contributed by atoms with Gasteiger partial charge in [0.2, 0.25) is 0 Å². The fourth-order valence-corrected chi connectivity index (χ4v) is 5.28. The Bertz CT molecular complexity index is 1340. The lowest BCUT2D eigenvalue weighted by Gasteiger charge is -2.47. The topological polar surface area (TPSA) is 103 Å². The predicted octanol–water partition coefficient (Wildman–Crippen LogP) is 5.24. The predicted molar refractivity (Wildman–Crippen MR) is 139 cm³/mol. The lowest BCUT2D eigenvalue weighted by molar-refractivity contribution is 0.0508. The molecule has 1 aliphatic rings. The molecule has 0 atom stereocenters. The third-order valence-corrected chi connectivity index (χ3v) is 7.96. The van der Waals surface area contributed by atoms with E-state index in [2.05, 4.69) is 23.6 Å². The molecule has 2 aromatic carbocycles. The molecular weight excluding hydrogens is 481 g/mol. The van der Waals surface area contributed by atoms with Crippen molar-refractivity contribution in [2.24, 2.45) is 5.41 Å². The molecule has 4 rings (SSSR count). The zero-order valence-corrected chi connectivity index (χ0v) is 21.4. The smallest absolute Gasteiger partial charge is 0.261 e. The number of aromatic nitrogens is 2. The minimum absolute atomic E-state index is 0.00599. The van der Waals surface area contributed by atoms with E-state index >= 15 is 0 Å². The highest BCUT2D eigenvalue weighted by atomic mass is 32.2. The first-order chi connectivity index (χ1) is 17.3. The van der Waals surface area contributed by atoms with Crippen LogP contribution < -0.4 is 15.0 Å². The molecule has 0 aliphatic heterocycles. The lowest BCUT2D eigenvalue weighted by atomic mass is 9.62. The highest BCUT2D eigenvalue weighted by molar-refractivity contribution is 7.98. The monoisotopic (exact) mass is 511 g/mol. The minimum Gasteiger partial charge on any atom is -0.453 e. The van der Waals surface area contributed by atoms with E-state index in [0.717, 1.165) is 37.8 Å². The Hall–Kier alpha value is -3.13. The van der Waals surface area contributed by atoms with Crippen molar-refractivity contribution in [2.75, 3.05) is 24.9 Å². The molecule has 8 nitrogen and oxygen atoms in total. The summed E-state index contributed by atoms with van der Waals surface area (Å²) in [6.07, 6.45) is 5.69. The zero-order valence-electron chi connectivity index (χ0n) is 20.6. The highest BCUT2D eigenvalue weighted by Crippen LogP contribution is 2.52. The summed E-state index contributed by atoms with van der Waals surface area (Å²) < 4.78 is 27.0. The SMILES string of the molecule is CCC1(CC)CC(n2cnc3ccc(Oc4c(F)ccc(NSN(C)CCO)c4C#N)cc3c2=O)C1. The number of rotatable bonds is 10. The molecule has 36 heavy (non-hydrogen) atoms. The van der Waals surface area contributed by atoms with Crippen LogP contribution in [-0.2, 0) is 0 Å². The van der Waals surface area contributed by atoms with Crippen LogP contribution in [0.25, 0.3) is 10.9 Å². The number of fused-ring (bicyclic) bond motifs is 1. The molecule has 0 spiro atoms. The van der Waals surface area contributed by atoms with Crippen molar-refractivity contribution < 1.29 is 14.2 Å². The number of likely N-dealkylation sites (N-methyl/N-ethyl adjacent to an activating group) is 1. The van der Waals surface area contributed by atoms with E-state index in [1.807, 2.05) is 6.07 Å². The standard InChI is InChI=1S/C26H30FN5O3S/c1-4-26(5-2)13-17(14-26)32-16-29-22-8-6-18(12-19(22)25(32)34)35-24-20(15-28)23(9-7-21(24)27)30-36-31(3)10-11-33/h6-9,12,16-17,30,33H,4-5,10-11,13-14H2,1-3H3. The Labute approximate surface area is 214 Å². The number of halogens is 1. The van der Waals surface area contributed by atoms with Gasteiger partial charge >= 0.3 is 0 Å². The van der Waals surface area contributed by atoms with Crippen LogP contribution in [0, 0.1) is 22.6 Å². The van der Waals surface area contributed by atoms with E-state index in [0.29, 0.717) is 28.6 Å². The Morgan fingerprint density at radius 2 is 2.08 bits per heavy atom. The average Bonchev–Trinajstić information content (AvgIpc) is 2.86. The maximum Gasteiger partial charge on any atom is 0.261 e. The summed E-state index contributed by atoms with van der Waals surface area (Å²) in [5.74, 6) is -0.688. The molecule has 1 aliphatic carbocycles. The van der Waals surface area contributed by atoms with E-state index in [4.69, 9.17) is 9.84 Å². The van der Waals surface area contributed by atoms with Crippen LogP contribution in [0.5, 0.6) is 11.5 Å². The molecule has 0 unspecified atom stereocenters. The normalized spacial score (nSPS) is 15.0. The van der Waals surface area contributed by atoms with E-state index in [1.54, 1.807) is 40.4 Å². The van der Waals surface area contributed by atoms with Crippen LogP contribution in [0.2, 0.25) is 0 Å². The molecule has 3 aromatic rings. The quantitative estimate of drug-likeness (QED) is 0.356. The van der Waals surface area contributed by atoms with Gasteiger partial charge in [0.25, 0.3) is 5.56 Å². The number of nitriles is 1. The van der Waals surface area contributed by atoms with Gasteiger partial charge in [-0.05, 0) is 55.6 Å². The summed E-state index contributed by atoms with van der Waals surface area (Å²) >= 11 is 1.16. The molecule has 1 fully saturated rings. The van der Waals surface area contributed by atoms with Crippen LogP contribution in [0.15, 0.2) is 41.5 Å². The number of benzene rings is 2. The Kier molecular flexibility index (Phi) is 7.83. The Morgan fingerprint density at radius 1 is 1.33 bits per heavy atom. The van der Waals surface area contributed by atoms with Gasteiger partial charge in [0.15, 0.2) is 11.6 Å². The molecule has 0 saturated heterocycles. The van der Waals surface area contributed by atoms with Gasteiger partial charge in [-0.25, -0.2) is 13.7 Å². The molecule has 0 bridgehead atoms. The molecule has 1 heterocycles. The van der Waals surface area contributed by atoms with Crippen molar-refractivity contribution in [2.45, 2.75) is 45.6 Å². The summed E-state index contributed by atoms with van der Waals surface area (Å²) in [7, 11) is 1.77. The van der Waals surface area contributed by atoms with E-state index < -0.39 is 5.82 Å². The summed E-state index contributed by atoms with van der Waals surface area (Å²) in [6, 6.07) is 9.60. The van der Waals surface area contributed by atoms with Gasteiger partial charge in [0, 0.05) is 24.7 Å². The van der Waals surface area contributed by atoms with Gasteiger partial charge in [0.1, 0.15) is 17.4 Å². The van der Waals surface area contributed by atoms with Crippen molar-refractivity contribution in [3.05, 3.63) is 58.4 Å². The second-order valence-electron chi connectivity index (χ2n) is 9.19. The third kappa shape index (κ3) is 5.05. The number of ether oxygens (including phenoxy) is 1. The number of nitrogens with zero attached hydrogens (tertiary/aromatic N) is 4. The molecule has 10 heteroatoms. The van der Waals surface area contributed by atoms with Gasteiger partial charge in [-0.2, -0.15) is 5.26 Å². The van der Waals surface area contributed by atoms with Crippen molar-refractivity contribution >= 4 is 28.7 Å². The van der Waals surface area contributed by atoms with Gasteiger partial charge < -0.3 is 14.6 Å². The van der Waals surface area contributed by atoms with Crippen LogP contribution >= 0.6 is 12.1 Å². The highest BCUT2D eigenvalue weighted by Gasteiger charge is 2.42. The van der Waals surface area contributed by atoms with Crippen LogP contribution in [-0.4, -0.2) is 39.2 Å². The molecule has 0 amide bonds. The molecule has 1 saturated carbocycles. The summed E-state index contributed by atoms with van der Waals surface area (Å²) in [5, 5.41) is 19.2. The Morgan fingerprint density at radius 3 is 2.75 bits per heavy atom. The van der Waals surface area contributed by atoms with Crippen LogP contribution in [0.4, 0.5) is 10.1 Å². The fourth-order valence-electron chi connectivity index (χ4n) is 4.69. The van der Waals surface area contributed by atoms with Crippen LogP contribution in [0.1, 0.15) is 51.1 Å². The second kappa shape index (κ2) is 10.9. The first-order valence-electron chi connectivity index (χ1n) is 12.0. The number of hydrogen-bond acceptors (Lipinski definition) is 8. The number of aliphatic hydroxyl groups excluding tert-OH is 1. The van der Waals surface area contributed by atoms with E-state index in [-0.39, 0.29) is 35.3 Å².